The largest absolute Gasteiger partial charge is 0.369 e. The Morgan fingerprint density at radius 2 is 1.69 bits per heavy atom. The van der Waals surface area contributed by atoms with Crippen LogP contribution >= 0.6 is 0 Å². The van der Waals surface area contributed by atoms with Crippen LogP contribution in [0.2, 0.25) is 0 Å². The Hall–Kier alpha value is -3.65. The van der Waals surface area contributed by atoms with Gasteiger partial charge in [-0.05, 0) is 68.3 Å². The molecular formula is C28H35N7O. The summed E-state index contributed by atoms with van der Waals surface area (Å²) < 4.78 is 0. The smallest absolute Gasteiger partial charge is 0.240 e. The van der Waals surface area contributed by atoms with Crippen LogP contribution in [0.25, 0.3) is 11.3 Å². The molecule has 0 aliphatic carbocycles. The number of aryl methyl sites for hydroxylation is 1. The molecule has 1 atom stereocenters. The Kier molecular flexibility index (Phi) is 7.04. The van der Waals surface area contributed by atoms with E-state index < -0.39 is 0 Å². The number of aromatic nitrogens is 2. The number of hydrogen-bond acceptors (Lipinski definition) is 7. The summed E-state index contributed by atoms with van der Waals surface area (Å²) in [6.07, 6.45) is 3.64. The minimum absolute atomic E-state index is 0.222. The molecule has 0 saturated carbocycles. The molecule has 2 aliphatic rings. The molecule has 0 unspecified atom stereocenters. The Morgan fingerprint density at radius 3 is 2.36 bits per heavy atom. The Labute approximate surface area is 213 Å². The number of nitrogens with two attached hydrogens (primary N) is 1. The third-order valence-corrected chi connectivity index (χ3v) is 7.33. The van der Waals surface area contributed by atoms with Gasteiger partial charge in [0.25, 0.3) is 0 Å². The summed E-state index contributed by atoms with van der Waals surface area (Å²) in [5.41, 5.74) is 11.7. The lowest BCUT2D eigenvalue weighted by Crippen LogP contribution is -2.46. The van der Waals surface area contributed by atoms with Gasteiger partial charge < -0.3 is 25.8 Å². The minimum atomic E-state index is -0.258. The third-order valence-electron chi connectivity index (χ3n) is 7.33. The molecule has 3 aromatic rings. The molecule has 36 heavy (non-hydrogen) atoms. The predicted molar refractivity (Wildman–Crippen MR) is 146 cm³/mol. The topological polar surface area (TPSA) is 90.6 Å². The summed E-state index contributed by atoms with van der Waals surface area (Å²) in [5.74, 6) is 0.309. The normalized spacial score (nSPS) is 18.4. The molecule has 2 saturated heterocycles. The second-order valence-corrected chi connectivity index (χ2v) is 9.62. The van der Waals surface area contributed by atoms with E-state index >= 15 is 0 Å². The second-order valence-electron chi connectivity index (χ2n) is 9.62. The van der Waals surface area contributed by atoms with E-state index in [0.717, 1.165) is 80.3 Å². The van der Waals surface area contributed by atoms with Crippen LogP contribution in [-0.4, -0.2) is 66.1 Å². The van der Waals surface area contributed by atoms with Gasteiger partial charge in [0, 0.05) is 61.5 Å². The van der Waals surface area contributed by atoms with Gasteiger partial charge in [-0.3, -0.25) is 4.79 Å². The van der Waals surface area contributed by atoms with E-state index in [1.807, 2.05) is 25.3 Å². The fourth-order valence-corrected chi connectivity index (χ4v) is 5.18. The summed E-state index contributed by atoms with van der Waals surface area (Å²) in [4.78, 5) is 28.1. The number of amides is 1. The van der Waals surface area contributed by atoms with Crippen molar-refractivity contribution >= 4 is 28.9 Å². The van der Waals surface area contributed by atoms with Gasteiger partial charge in [0.05, 0.1) is 5.69 Å². The summed E-state index contributed by atoms with van der Waals surface area (Å²) in [7, 11) is 0. The van der Waals surface area contributed by atoms with Gasteiger partial charge >= 0.3 is 0 Å². The molecule has 0 bridgehead atoms. The number of carbonyl (C=O) groups is 1. The number of likely N-dealkylation sites (N-methyl/N-ethyl adjacent to an activating group) is 1. The van der Waals surface area contributed by atoms with Gasteiger partial charge in [-0.1, -0.05) is 19.1 Å². The lowest BCUT2D eigenvalue weighted by molar-refractivity contribution is -0.119. The lowest BCUT2D eigenvalue weighted by Gasteiger charge is -2.35. The van der Waals surface area contributed by atoms with Gasteiger partial charge in [-0.2, -0.15) is 0 Å². The van der Waals surface area contributed by atoms with Gasteiger partial charge in [-0.25, -0.2) is 9.97 Å². The number of nitrogens with zero attached hydrogens (tertiary/aromatic N) is 5. The maximum absolute atomic E-state index is 11.8. The Bertz CT molecular complexity index is 1190. The summed E-state index contributed by atoms with van der Waals surface area (Å²) in [6.45, 7) is 10.6. The van der Waals surface area contributed by atoms with Crippen molar-refractivity contribution in [1.82, 2.24) is 14.9 Å². The van der Waals surface area contributed by atoms with Crippen LogP contribution in [0.15, 0.2) is 54.7 Å². The average Bonchev–Trinajstić information content (AvgIpc) is 3.41. The van der Waals surface area contributed by atoms with E-state index in [1.165, 1.54) is 5.69 Å². The monoisotopic (exact) mass is 485 g/mol. The van der Waals surface area contributed by atoms with Gasteiger partial charge in [0.2, 0.25) is 11.9 Å². The third kappa shape index (κ3) is 5.14. The molecule has 2 aliphatic heterocycles. The van der Waals surface area contributed by atoms with Crippen molar-refractivity contribution in [2.45, 2.75) is 32.7 Å². The first-order chi connectivity index (χ1) is 17.5. The zero-order valence-electron chi connectivity index (χ0n) is 21.2. The van der Waals surface area contributed by atoms with E-state index in [1.54, 1.807) is 0 Å². The minimum Gasteiger partial charge on any atom is -0.369 e. The second kappa shape index (κ2) is 10.5. The van der Waals surface area contributed by atoms with Crippen molar-refractivity contribution in [2.75, 3.05) is 54.4 Å². The van der Waals surface area contributed by atoms with Gasteiger partial charge in [0.1, 0.15) is 6.04 Å². The highest BCUT2D eigenvalue weighted by Crippen LogP contribution is 2.29. The zero-order valence-corrected chi connectivity index (χ0v) is 21.2. The van der Waals surface area contributed by atoms with Crippen molar-refractivity contribution in [3.63, 3.8) is 0 Å². The van der Waals surface area contributed by atoms with Crippen molar-refractivity contribution in [3.05, 3.63) is 60.3 Å². The van der Waals surface area contributed by atoms with Crippen LogP contribution < -0.4 is 20.9 Å². The number of rotatable bonds is 7. The van der Waals surface area contributed by atoms with Crippen LogP contribution in [0.4, 0.5) is 23.0 Å². The summed E-state index contributed by atoms with van der Waals surface area (Å²) >= 11 is 0. The molecule has 1 aromatic heterocycles. The molecule has 5 rings (SSSR count). The summed E-state index contributed by atoms with van der Waals surface area (Å²) in [6, 6.07) is 16.5. The van der Waals surface area contributed by atoms with E-state index in [2.05, 4.69) is 68.3 Å². The number of hydrogen-bond donors (Lipinski definition) is 2. The maximum Gasteiger partial charge on any atom is 0.240 e. The first kappa shape index (κ1) is 24.1. The van der Waals surface area contributed by atoms with Gasteiger partial charge in [0.15, 0.2) is 0 Å². The molecule has 2 fully saturated rings. The predicted octanol–water partition coefficient (Wildman–Crippen LogP) is 3.79. The van der Waals surface area contributed by atoms with Crippen LogP contribution in [0.1, 0.15) is 25.3 Å². The average molecular weight is 486 g/mol. The van der Waals surface area contributed by atoms with E-state index in [4.69, 9.17) is 10.7 Å². The zero-order chi connectivity index (χ0) is 25.1. The van der Waals surface area contributed by atoms with Crippen molar-refractivity contribution in [3.8, 4) is 11.3 Å². The fourth-order valence-electron chi connectivity index (χ4n) is 5.18. The number of nitrogens with one attached hydrogen (secondary N) is 1. The fraction of sp³-hybridized carbons (Fsp3) is 0.393. The highest BCUT2D eigenvalue weighted by molar-refractivity contribution is 5.84. The summed E-state index contributed by atoms with van der Waals surface area (Å²) in [5, 5.41) is 3.35. The molecule has 8 nitrogen and oxygen atoms in total. The van der Waals surface area contributed by atoms with Crippen LogP contribution in [0.5, 0.6) is 0 Å². The molecular weight excluding hydrogens is 450 g/mol. The molecule has 188 valence electrons. The molecule has 3 heterocycles. The molecule has 0 spiro atoms. The molecule has 3 N–H and O–H groups in total. The first-order valence-corrected chi connectivity index (χ1v) is 12.9. The van der Waals surface area contributed by atoms with Crippen LogP contribution in [0.3, 0.4) is 0 Å². The molecule has 8 heteroatoms. The van der Waals surface area contributed by atoms with Gasteiger partial charge in [-0.15, -0.1) is 0 Å². The number of benzene rings is 2. The van der Waals surface area contributed by atoms with E-state index in [9.17, 15) is 4.79 Å². The standard InChI is InChI=1S/C28H35N7O/c1-3-33-15-17-34(18-16-33)23-12-8-22(9-13-23)31-28-30-19-20(2)26(32-28)21-6-10-24(11-7-21)35-14-4-5-25(35)27(29)36/h6-13,19,25H,3-5,14-18H2,1-2H3,(H2,29,36)(H,30,31,32)/t25-/m1/s1. The highest BCUT2D eigenvalue weighted by Gasteiger charge is 2.29. The number of carbonyl (C=O) groups excluding carboxylic acids is 1. The van der Waals surface area contributed by atoms with Crippen LogP contribution in [-0.2, 0) is 4.79 Å². The van der Waals surface area contributed by atoms with Crippen LogP contribution in [0, 0.1) is 6.92 Å². The van der Waals surface area contributed by atoms with E-state index in [0.29, 0.717) is 5.95 Å². The Morgan fingerprint density at radius 1 is 1.00 bits per heavy atom. The molecule has 0 radical (unpaired) electrons. The van der Waals surface area contributed by atoms with Crippen molar-refractivity contribution in [1.29, 1.82) is 0 Å². The van der Waals surface area contributed by atoms with Crippen molar-refractivity contribution < 1.29 is 4.79 Å². The SMILES string of the molecule is CCN1CCN(c2ccc(Nc3ncc(C)c(-c4ccc(N5CCC[C@@H]5C(N)=O)cc4)n3)cc2)CC1. The Balaban J connectivity index is 1.28. The number of primary amides is 1. The number of anilines is 4. The molecule has 2 aromatic carbocycles. The highest BCUT2D eigenvalue weighted by atomic mass is 16.1. The number of piperazine rings is 1. The van der Waals surface area contributed by atoms with E-state index in [-0.39, 0.29) is 11.9 Å². The molecule has 1 amide bonds. The maximum atomic E-state index is 11.8. The first-order valence-electron chi connectivity index (χ1n) is 12.9. The quantitative estimate of drug-likeness (QED) is 0.526. The van der Waals surface area contributed by atoms with Crippen molar-refractivity contribution in [2.24, 2.45) is 5.73 Å². The lowest BCUT2D eigenvalue weighted by atomic mass is 10.1.